The largest absolute Gasteiger partial charge is 0.472 e. The number of aromatic nitrogens is 1. The van der Waals surface area contributed by atoms with Crippen molar-refractivity contribution in [3.05, 3.63) is 45.3 Å². The Labute approximate surface area is 112 Å². The fourth-order valence-electron chi connectivity index (χ4n) is 1.87. The lowest BCUT2D eigenvalue weighted by Gasteiger charge is -2.13. The highest BCUT2D eigenvalue weighted by Crippen LogP contribution is 2.22. The van der Waals surface area contributed by atoms with E-state index in [1.807, 2.05) is 20.0 Å². The summed E-state index contributed by atoms with van der Waals surface area (Å²) < 4.78 is 5.86. The van der Waals surface area contributed by atoms with Crippen LogP contribution in [0.3, 0.4) is 0 Å². The van der Waals surface area contributed by atoms with E-state index < -0.39 is 0 Å². The Bertz CT molecular complexity index is 509. The van der Waals surface area contributed by atoms with E-state index in [1.54, 1.807) is 11.3 Å². The molecule has 2 aromatic rings. The molecule has 0 unspecified atom stereocenters. The molecular formula is C14H18N2OS. The molecule has 2 aromatic heterocycles. The lowest BCUT2D eigenvalue weighted by molar-refractivity contribution is 0.292. The minimum absolute atomic E-state index is 0.588. The summed E-state index contributed by atoms with van der Waals surface area (Å²) in [6.07, 6.45) is 0. The van der Waals surface area contributed by atoms with Crippen molar-refractivity contribution in [1.82, 2.24) is 10.3 Å². The van der Waals surface area contributed by atoms with Gasteiger partial charge in [0.25, 0.3) is 0 Å². The van der Waals surface area contributed by atoms with E-state index in [-0.39, 0.29) is 0 Å². The van der Waals surface area contributed by atoms with Gasteiger partial charge in [0.2, 0.25) is 5.88 Å². The van der Waals surface area contributed by atoms with Gasteiger partial charge in [0.1, 0.15) is 6.61 Å². The number of hydrogen-bond acceptors (Lipinski definition) is 4. The van der Waals surface area contributed by atoms with Gasteiger partial charge in [-0.05, 0) is 44.0 Å². The summed E-state index contributed by atoms with van der Waals surface area (Å²) in [6.45, 7) is 5.46. The number of aryl methyl sites for hydroxylation is 2. The first-order chi connectivity index (χ1) is 8.70. The van der Waals surface area contributed by atoms with Gasteiger partial charge in [-0.2, -0.15) is 0 Å². The molecule has 0 amide bonds. The van der Waals surface area contributed by atoms with Gasteiger partial charge >= 0.3 is 0 Å². The maximum Gasteiger partial charge on any atom is 0.218 e. The number of rotatable bonds is 5. The van der Waals surface area contributed by atoms with Crippen molar-refractivity contribution in [1.29, 1.82) is 0 Å². The van der Waals surface area contributed by atoms with Crippen LogP contribution in [0.15, 0.2) is 23.6 Å². The molecule has 3 nitrogen and oxygen atoms in total. The summed E-state index contributed by atoms with van der Waals surface area (Å²) >= 11 is 1.70. The quantitative estimate of drug-likeness (QED) is 0.899. The molecule has 0 spiro atoms. The van der Waals surface area contributed by atoms with E-state index in [0.29, 0.717) is 6.61 Å². The number of pyridine rings is 1. The molecule has 4 heteroatoms. The second-order valence-corrected chi connectivity index (χ2v) is 5.29. The maximum absolute atomic E-state index is 5.86. The Morgan fingerprint density at radius 3 is 2.89 bits per heavy atom. The predicted molar refractivity (Wildman–Crippen MR) is 75.1 cm³/mol. The van der Waals surface area contributed by atoms with Crippen LogP contribution in [0.1, 0.15) is 21.7 Å². The van der Waals surface area contributed by atoms with E-state index >= 15 is 0 Å². The van der Waals surface area contributed by atoms with Gasteiger partial charge < -0.3 is 10.1 Å². The number of hydrogen-bond donors (Lipinski definition) is 1. The Morgan fingerprint density at radius 2 is 2.22 bits per heavy atom. The van der Waals surface area contributed by atoms with Crippen LogP contribution >= 0.6 is 11.3 Å². The second-order valence-electron chi connectivity index (χ2n) is 4.26. The van der Waals surface area contributed by atoms with Crippen LogP contribution in [0.25, 0.3) is 0 Å². The zero-order valence-corrected chi connectivity index (χ0v) is 11.8. The number of ether oxygens (including phenoxy) is 1. The second kappa shape index (κ2) is 5.98. The molecule has 0 fully saturated rings. The summed E-state index contributed by atoms with van der Waals surface area (Å²) in [7, 11) is 1.93. The molecule has 96 valence electrons. The van der Waals surface area contributed by atoms with Crippen molar-refractivity contribution >= 4 is 11.3 Å². The fraction of sp³-hybridized carbons (Fsp3) is 0.357. The minimum Gasteiger partial charge on any atom is -0.472 e. The molecule has 0 aliphatic heterocycles. The average Bonchev–Trinajstić information content (AvgIpc) is 2.83. The van der Waals surface area contributed by atoms with Crippen LogP contribution in [0, 0.1) is 13.8 Å². The first kappa shape index (κ1) is 13.1. The van der Waals surface area contributed by atoms with Crippen LogP contribution < -0.4 is 10.1 Å². The zero-order chi connectivity index (χ0) is 13.0. The van der Waals surface area contributed by atoms with Gasteiger partial charge in [0.15, 0.2) is 0 Å². The minimum atomic E-state index is 0.588. The molecule has 0 atom stereocenters. The highest BCUT2D eigenvalue weighted by atomic mass is 32.1. The Morgan fingerprint density at radius 1 is 1.39 bits per heavy atom. The smallest absolute Gasteiger partial charge is 0.218 e. The van der Waals surface area contributed by atoms with Gasteiger partial charge in [-0.25, -0.2) is 4.98 Å². The third kappa shape index (κ3) is 3.09. The molecule has 0 aliphatic carbocycles. The Hall–Kier alpha value is -1.39. The number of thiophene rings is 1. The third-order valence-corrected chi connectivity index (χ3v) is 3.57. The lowest BCUT2D eigenvalue weighted by Crippen LogP contribution is -2.11. The summed E-state index contributed by atoms with van der Waals surface area (Å²) in [6, 6.07) is 6.20. The van der Waals surface area contributed by atoms with E-state index in [4.69, 9.17) is 4.74 Å². The first-order valence-corrected chi connectivity index (χ1v) is 6.85. The molecule has 0 aromatic carbocycles. The van der Waals surface area contributed by atoms with Crippen molar-refractivity contribution in [3.8, 4) is 5.88 Å². The highest BCUT2D eigenvalue weighted by Gasteiger charge is 2.10. The highest BCUT2D eigenvalue weighted by molar-refractivity contribution is 7.09. The summed E-state index contributed by atoms with van der Waals surface area (Å²) in [5.41, 5.74) is 3.35. The van der Waals surface area contributed by atoms with Crippen LogP contribution in [-0.2, 0) is 13.2 Å². The Kier molecular flexibility index (Phi) is 4.33. The standard InChI is InChI=1S/C14H18N2OS/c1-10-7-11(2)16-14(13(10)8-15-3)17-9-12-5-4-6-18-12/h4-7,15H,8-9H2,1-3H3. The number of nitrogens with one attached hydrogen (secondary N) is 1. The van der Waals surface area contributed by atoms with Crippen molar-refractivity contribution in [2.24, 2.45) is 0 Å². The van der Waals surface area contributed by atoms with Crippen molar-refractivity contribution < 1.29 is 4.74 Å². The molecule has 0 aliphatic rings. The van der Waals surface area contributed by atoms with Gasteiger partial charge in [0, 0.05) is 22.7 Å². The maximum atomic E-state index is 5.86. The summed E-state index contributed by atoms with van der Waals surface area (Å²) in [4.78, 5) is 5.71. The number of nitrogens with zero attached hydrogens (tertiary/aromatic N) is 1. The summed E-state index contributed by atoms with van der Waals surface area (Å²) in [5, 5.41) is 5.22. The summed E-state index contributed by atoms with van der Waals surface area (Å²) in [5.74, 6) is 0.746. The van der Waals surface area contributed by atoms with Gasteiger partial charge in [-0.15, -0.1) is 11.3 Å². The van der Waals surface area contributed by atoms with Crippen LogP contribution in [0.4, 0.5) is 0 Å². The molecule has 2 rings (SSSR count). The molecule has 2 heterocycles. The average molecular weight is 262 g/mol. The fourth-order valence-corrected chi connectivity index (χ4v) is 2.49. The van der Waals surface area contributed by atoms with Gasteiger partial charge in [-0.3, -0.25) is 0 Å². The molecule has 0 bridgehead atoms. The van der Waals surface area contributed by atoms with Crippen LogP contribution in [-0.4, -0.2) is 12.0 Å². The van der Waals surface area contributed by atoms with E-state index in [2.05, 4.69) is 34.7 Å². The van der Waals surface area contributed by atoms with Crippen molar-refractivity contribution in [2.75, 3.05) is 7.05 Å². The molecule has 0 saturated heterocycles. The third-order valence-electron chi connectivity index (χ3n) is 2.72. The molecule has 18 heavy (non-hydrogen) atoms. The Balaban J connectivity index is 2.19. The molecule has 1 N–H and O–H groups in total. The topological polar surface area (TPSA) is 34.2 Å². The molecular weight excluding hydrogens is 244 g/mol. The predicted octanol–water partition coefficient (Wildman–Crippen LogP) is 3.06. The monoisotopic (exact) mass is 262 g/mol. The van der Waals surface area contributed by atoms with Gasteiger partial charge in [0.05, 0.1) is 0 Å². The lowest BCUT2D eigenvalue weighted by atomic mass is 10.1. The van der Waals surface area contributed by atoms with Crippen LogP contribution in [0.2, 0.25) is 0 Å². The normalized spacial score (nSPS) is 10.6. The van der Waals surface area contributed by atoms with E-state index in [9.17, 15) is 0 Å². The van der Waals surface area contributed by atoms with E-state index in [0.717, 1.165) is 23.7 Å². The SMILES string of the molecule is CNCc1c(C)cc(C)nc1OCc1cccs1. The zero-order valence-electron chi connectivity index (χ0n) is 11.0. The first-order valence-electron chi connectivity index (χ1n) is 5.97. The van der Waals surface area contributed by atoms with Crippen LogP contribution in [0.5, 0.6) is 5.88 Å². The van der Waals surface area contributed by atoms with E-state index in [1.165, 1.54) is 10.4 Å². The van der Waals surface area contributed by atoms with Crippen molar-refractivity contribution in [2.45, 2.75) is 27.0 Å². The van der Waals surface area contributed by atoms with Gasteiger partial charge in [-0.1, -0.05) is 6.07 Å². The van der Waals surface area contributed by atoms with Crippen molar-refractivity contribution in [3.63, 3.8) is 0 Å². The molecule has 0 saturated carbocycles. The molecule has 0 radical (unpaired) electrons.